The van der Waals surface area contributed by atoms with Crippen LogP contribution in [-0.4, -0.2) is 42.3 Å². The fourth-order valence-electron chi connectivity index (χ4n) is 2.52. The van der Waals surface area contributed by atoms with Crippen LogP contribution in [0.25, 0.3) is 0 Å². The Kier molecular flexibility index (Phi) is 11.3. The van der Waals surface area contributed by atoms with Crippen LogP contribution < -0.4 is 5.32 Å². The highest BCUT2D eigenvalue weighted by atomic mass is 28.4. The number of nitrogens with one attached hydrogen (secondary N) is 1. The van der Waals surface area contributed by atoms with Gasteiger partial charge >= 0.3 is 5.97 Å². The smallest absolute Gasteiger partial charge is 0.306 e. The average Bonchev–Trinajstić information content (AvgIpc) is 2.50. The van der Waals surface area contributed by atoms with Crippen LogP contribution in [0.4, 0.5) is 0 Å². The SMILES string of the molecule is CCCO[Si](C)(C)CCCNCC(=O)O[Si](CC)(CC)CC. The minimum absolute atomic E-state index is 0.0732. The molecule has 0 unspecified atom stereocenters. The zero-order chi connectivity index (χ0) is 17.1. The minimum Gasteiger partial charge on any atom is -0.518 e. The Morgan fingerprint density at radius 3 is 2.14 bits per heavy atom. The maximum atomic E-state index is 12.0. The number of rotatable bonds is 13. The molecule has 6 heteroatoms. The molecule has 0 saturated heterocycles. The number of carbonyl (C=O) groups is 1. The van der Waals surface area contributed by atoms with E-state index in [0.29, 0.717) is 6.54 Å². The third-order valence-electron chi connectivity index (χ3n) is 4.36. The van der Waals surface area contributed by atoms with Crippen molar-refractivity contribution < 1.29 is 13.6 Å². The Bertz CT molecular complexity index is 300. The standard InChI is InChI=1S/C16H37NO3Si2/c1-7-13-19-21(5,6)14-11-12-17-15-16(18)20-22(8-2,9-3)10-4/h17H,7-15H2,1-6H3. The maximum absolute atomic E-state index is 12.0. The van der Waals surface area contributed by atoms with E-state index in [9.17, 15) is 4.79 Å². The molecule has 132 valence electrons. The third kappa shape index (κ3) is 9.07. The van der Waals surface area contributed by atoms with E-state index in [0.717, 1.165) is 50.2 Å². The van der Waals surface area contributed by atoms with Crippen molar-refractivity contribution in [1.29, 1.82) is 0 Å². The number of carbonyl (C=O) groups excluding carboxylic acids is 1. The van der Waals surface area contributed by atoms with Gasteiger partial charge in [0.2, 0.25) is 0 Å². The van der Waals surface area contributed by atoms with Crippen LogP contribution in [0, 0.1) is 0 Å². The van der Waals surface area contributed by atoms with Crippen molar-refractivity contribution in [3.05, 3.63) is 0 Å². The summed E-state index contributed by atoms with van der Waals surface area (Å²) in [6.45, 7) is 15.2. The van der Waals surface area contributed by atoms with Gasteiger partial charge in [0.05, 0.1) is 6.54 Å². The van der Waals surface area contributed by atoms with E-state index in [1.807, 2.05) is 0 Å². The zero-order valence-electron chi connectivity index (χ0n) is 15.6. The van der Waals surface area contributed by atoms with E-state index < -0.39 is 16.6 Å². The highest BCUT2D eigenvalue weighted by Crippen LogP contribution is 2.21. The van der Waals surface area contributed by atoms with Gasteiger partial charge in [-0.3, -0.25) is 4.79 Å². The van der Waals surface area contributed by atoms with Crippen LogP contribution >= 0.6 is 0 Å². The molecule has 0 amide bonds. The summed E-state index contributed by atoms with van der Waals surface area (Å²) in [6.07, 6.45) is 2.15. The van der Waals surface area contributed by atoms with Gasteiger partial charge in [-0.25, -0.2) is 0 Å². The van der Waals surface area contributed by atoms with Crippen molar-refractivity contribution in [3.8, 4) is 0 Å². The topological polar surface area (TPSA) is 47.6 Å². The van der Waals surface area contributed by atoms with Crippen LogP contribution in [0.1, 0.15) is 40.5 Å². The van der Waals surface area contributed by atoms with Crippen LogP contribution in [0.3, 0.4) is 0 Å². The molecule has 0 radical (unpaired) electrons. The summed E-state index contributed by atoms with van der Waals surface area (Å²) < 4.78 is 11.7. The van der Waals surface area contributed by atoms with Crippen molar-refractivity contribution in [3.63, 3.8) is 0 Å². The van der Waals surface area contributed by atoms with Crippen LogP contribution in [0.15, 0.2) is 0 Å². The summed E-state index contributed by atoms with van der Waals surface area (Å²) in [7, 11) is -3.30. The van der Waals surface area contributed by atoms with Gasteiger partial charge in [0.1, 0.15) is 0 Å². The monoisotopic (exact) mass is 347 g/mol. The first kappa shape index (κ1) is 21.8. The summed E-state index contributed by atoms with van der Waals surface area (Å²) in [5, 5.41) is 3.22. The summed E-state index contributed by atoms with van der Waals surface area (Å²) in [5.41, 5.74) is 0. The molecule has 0 spiro atoms. The molecule has 0 aliphatic carbocycles. The predicted molar refractivity (Wildman–Crippen MR) is 99.3 cm³/mol. The molecule has 4 nitrogen and oxygen atoms in total. The van der Waals surface area contributed by atoms with Gasteiger partial charge in [-0.1, -0.05) is 27.7 Å². The van der Waals surface area contributed by atoms with Gasteiger partial charge in [0.15, 0.2) is 8.32 Å². The molecule has 0 aromatic carbocycles. The number of hydrogen-bond acceptors (Lipinski definition) is 4. The van der Waals surface area contributed by atoms with Crippen molar-refractivity contribution in [1.82, 2.24) is 5.32 Å². The lowest BCUT2D eigenvalue weighted by Crippen LogP contribution is -2.41. The van der Waals surface area contributed by atoms with Crippen LogP contribution in [0.5, 0.6) is 0 Å². The molecular weight excluding hydrogens is 310 g/mol. The fourth-order valence-corrected chi connectivity index (χ4v) is 6.94. The molecule has 1 N–H and O–H groups in total. The summed E-state index contributed by atoms with van der Waals surface area (Å²) in [6, 6.07) is 4.17. The normalized spacial score (nSPS) is 12.5. The molecule has 0 fully saturated rings. The Hall–Kier alpha value is -0.176. The van der Waals surface area contributed by atoms with Crippen molar-refractivity contribution >= 4 is 22.6 Å². The molecule has 0 aromatic rings. The average molecular weight is 348 g/mol. The summed E-state index contributed by atoms with van der Waals surface area (Å²) in [4.78, 5) is 12.0. The summed E-state index contributed by atoms with van der Waals surface area (Å²) in [5.74, 6) is -0.0732. The third-order valence-corrected chi connectivity index (χ3v) is 11.4. The van der Waals surface area contributed by atoms with E-state index in [-0.39, 0.29) is 5.97 Å². The molecule has 22 heavy (non-hydrogen) atoms. The van der Waals surface area contributed by atoms with E-state index in [4.69, 9.17) is 8.85 Å². The van der Waals surface area contributed by atoms with E-state index in [1.165, 1.54) is 0 Å². The largest absolute Gasteiger partial charge is 0.518 e. The highest BCUT2D eigenvalue weighted by Gasteiger charge is 2.32. The molecule has 0 atom stereocenters. The second-order valence-electron chi connectivity index (χ2n) is 6.61. The molecule has 0 aromatic heterocycles. The van der Waals surface area contributed by atoms with E-state index in [2.05, 4.69) is 46.1 Å². The summed E-state index contributed by atoms with van der Waals surface area (Å²) >= 11 is 0. The van der Waals surface area contributed by atoms with Gasteiger partial charge in [-0.15, -0.1) is 0 Å². The quantitative estimate of drug-likeness (QED) is 0.402. The first-order valence-corrected chi connectivity index (χ1v) is 14.6. The van der Waals surface area contributed by atoms with Crippen molar-refractivity contribution in [2.24, 2.45) is 0 Å². The minimum atomic E-state index is -1.80. The Labute approximate surface area is 139 Å². The molecule has 0 aliphatic heterocycles. The van der Waals surface area contributed by atoms with Gasteiger partial charge in [0, 0.05) is 6.61 Å². The lowest BCUT2D eigenvalue weighted by molar-refractivity contribution is -0.134. The molecule has 0 aliphatic rings. The Morgan fingerprint density at radius 2 is 1.64 bits per heavy atom. The lowest BCUT2D eigenvalue weighted by Gasteiger charge is -2.27. The Balaban J connectivity index is 3.90. The second kappa shape index (κ2) is 11.4. The fraction of sp³-hybridized carbons (Fsp3) is 0.938. The second-order valence-corrected chi connectivity index (χ2v) is 15.6. The lowest BCUT2D eigenvalue weighted by atomic mass is 10.5. The first-order chi connectivity index (χ1) is 10.3. The Morgan fingerprint density at radius 1 is 1.05 bits per heavy atom. The molecule has 0 heterocycles. The van der Waals surface area contributed by atoms with Gasteiger partial charge < -0.3 is 14.2 Å². The van der Waals surface area contributed by atoms with E-state index >= 15 is 0 Å². The zero-order valence-corrected chi connectivity index (χ0v) is 17.6. The predicted octanol–water partition coefficient (Wildman–Crippen LogP) is 4.15. The molecule has 0 bridgehead atoms. The number of hydrogen-bond donors (Lipinski definition) is 1. The first-order valence-electron chi connectivity index (χ1n) is 8.91. The maximum Gasteiger partial charge on any atom is 0.306 e. The van der Waals surface area contributed by atoms with Crippen molar-refractivity contribution in [2.75, 3.05) is 19.7 Å². The molecular formula is C16H37NO3Si2. The van der Waals surface area contributed by atoms with Crippen LogP contribution in [-0.2, 0) is 13.6 Å². The van der Waals surface area contributed by atoms with Gasteiger partial charge in [-0.2, -0.15) is 0 Å². The highest BCUT2D eigenvalue weighted by molar-refractivity contribution is 6.75. The molecule has 0 rings (SSSR count). The van der Waals surface area contributed by atoms with Gasteiger partial charge in [-0.05, 0) is 56.7 Å². The van der Waals surface area contributed by atoms with Crippen molar-refractivity contribution in [2.45, 2.75) is 77.8 Å². The van der Waals surface area contributed by atoms with Gasteiger partial charge in [0.25, 0.3) is 8.32 Å². The molecule has 0 saturated carbocycles. The van der Waals surface area contributed by atoms with Crippen LogP contribution in [0.2, 0.25) is 37.3 Å². The van der Waals surface area contributed by atoms with E-state index in [1.54, 1.807) is 0 Å².